The molecule has 2 aromatic rings. The zero-order chi connectivity index (χ0) is 23.2. The van der Waals surface area contributed by atoms with Gasteiger partial charge in [0, 0.05) is 31.9 Å². The molecule has 0 aliphatic carbocycles. The van der Waals surface area contributed by atoms with Crippen molar-refractivity contribution in [1.82, 2.24) is 14.2 Å². The van der Waals surface area contributed by atoms with E-state index in [1.807, 2.05) is 18.2 Å². The van der Waals surface area contributed by atoms with Gasteiger partial charge in [0.05, 0.1) is 13.2 Å². The quantitative estimate of drug-likeness (QED) is 0.555. The average molecular weight is 452 g/mol. The maximum Gasteiger partial charge on any atom is 0.355 e. The van der Waals surface area contributed by atoms with E-state index in [-0.39, 0.29) is 16.6 Å². The lowest BCUT2D eigenvalue weighted by Gasteiger charge is -2.17. The van der Waals surface area contributed by atoms with Gasteiger partial charge in [-0.3, -0.25) is 4.79 Å². The molecular weight excluding hydrogens is 422 g/mol. The first-order chi connectivity index (χ1) is 14.6. The maximum absolute atomic E-state index is 12.6. The van der Waals surface area contributed by atoms with E-state index in [4.69, 9.17) is 9.47 Å². The number of hydrogen-bond acceptors (Lipinski definition) is 6. The van der Waals surface area contributed by atoms with Gasteiger partial charge in [-0.1, -0.05) is 32.0 Å². The van der Waals surface area contributed by atoms with Crippen LogP contribution < -0.4 is 10.1 Å². The van der Waals surface area contributed by atoms with Crippen LogP contribution in [0.4, 0.5) is 0 Å². The zero-order valence-corrected chi connectivity index (χ0v) is 19.2. The molecule has 0 saturated carbocycles. The summed E-state index contributed by atoms with van der Waals surface area (Å²) in [6.45, 7) is 5.41. The fourth-order valence-electron chi connectivity index (χ4n) is 3.18. The zero-order valence-electron chi connectivity index (χ0n) is 18.4. The lowest BCUT2D eigenvalue weighted by Crippen LogP contribution is -2.31. The fourth-order valence-corrected chi connectivity index (χ4v) is 4.71. The van der Waals surface area contributed by atoms with Crippen LogP contribution in [-0.4, -0.2) is 56.0 Å². The number of rotatable bonds is 10. The number of aromatic nitrogens is 1. The van der Waals surface area contributed by atoms with Crippen LogP contribution in [0.15, 0.2) is 41.4 Å². The number of methoxy groups -OCH3 is 1. The first kappa shape index (κ1) is 24.4. The van der Waals surface area contributed by atoms with Crippen molar-refractivity contribution in [2.75, 3.05) is 26.8 Å². The third-order valence-corrected chi connectivity index (χ3v) is 6.86. The predicted molar refractivity (Wildman–Crippen MR) is 115 cm³/mol. The molecular formula is C21H29N3O6S. The number of carbonyl (C=O) groups excluding carboxylic acids is 2. The maximum atomic E-state index is 12.6. The Kier molecular flexibility index (Phi) is 8.23. The molecule has 0 aliphatic heterocycles. The molecule has 9 nitrogen and oxygen atoms in total. The van der Waals surface area contributed by atoms with Gasteiger partial charge >= 0.3 is 5.97 Å². The lowest BCUT2D eigenvalue weighted by atomic mass is 10.1. The minimum absolute atomic E-state index is 0.0000959. The van der Waals surface area contributed by atoms with Crippen LogP contribution in [0.1, 0.15) is 42.9 Å². The van der Waals surface area contributed by atoms with Gasteiger partial charge in [-0.05, 0) is 19.1 Å². The molecule has 170 valence electrons. The Morgan fingerprint density at radius 3 is 2.45 bits per heavy atom. The predicted octanol–water partition coefficient (Wildman–Crippen LogP) is 2.10. The average Bonchev–Trinajstić information content (AvgIpc) is 3.15. The monoisotopic (exact) mass is 451 g/mol. The summed E-state index contributed by atoms with van der Waals surface area (Å²) in [6, 6.07) is 8.18. The third kappa shape index (κ3) is 5.65. The molecule has 0 bridgehead atoms. The lowest BCUT2D eigenvalue weighted by molar-refractivity contribution is -0.124. The molecule has 1 amide bonds. The van der Waals surface area contributed by atoms with Crippen LogP contribution in [0.5, 0.6) is 5.75 Å². The number of aryl methyl sites for hydroxylation is 1. The van der Waals surface area contributed by atoms with E-state index >= 15 is 0 Å². The SMILES string of the molecule is CCN(CC)S(=O)(=O)c1cc(C(=O)OCC(=O)NC(C)c2ccccc2OC)n(C)c1. The summed E-state index contributed by atoms with van der Waals surface area (Å²) in [5.74, 6) is -0.640. The van der Waals surface area contributed by atoms with Crippen molar-refractivity contribution in [2.45, 2.75) is 31.7 Å². The summed E-state index contributed by atoms with van der Waals surface area (Å²) in [5, 5.41) is 2.75. The number of carbonyl (C=O) groups is 2. The van der Waals surface area contributed by atoms with Gasteiger partial charge < -0.3 is 19.4 Å². The second kappa shape index (κ2) is 10.5. The minimum atomic E-state index is -3.71. The highest BCUT2D eigenvalue weighted by molar-refractivity contribution is 7.89. The van der Waals surface area contributed by atoms with E-state index in [0.29, 0.717) is 18.8 Å². The van der Waals surface area contributed by atoms with E-state index in [1.54, 1.807) is 41.0 Å². The number of sulfonamides is 1. The Morgan fingerprint density at radius 1 is 1.19 bits per heavy atom. The molecule has 0 spiro atoms. The molecule has 1 aromatic heterocycles. The van der Waals surface area contributed by atoms with E-state index in [0.717, 1.165) is 5.56 Å². The molecule has 0 fully saturated rings. The molecule has 0 aliphatic rings. The number of amides is 1. The van der Waals surface area contributed by atoms with E-state index in [1.165, 1.54) is 21.1 Å². The van der Waals surface area contributed by atoms with Crippen LogP contribution in [0.3, 0.4) is 0 Å². The van der Waals surface area contributed by atoms with Gasteiger partial charge in [-0.25, -0.2) is 13.2 Å². The Morgan fingerprint density at radius 2 is 1.84 bits per heavy atom. The van der Waals surface area contributed by atoms with Crippen LogP contribution in [0.2, 0.25) is 0 Å². The Balaban J connectivity index is 2.03. The van der Waals surface area contributed by atoms with Gasteiger partial charge in [0.25, 0.3) is 5.91 Å². The second-order valence-corrected chi connectivity index (χ2v) is 8.81. The van der Waals surface area contributed by atoms with Crippen LogP contribution in [0, 0.1) is 0 Å². The number of nitrogens with one attached hydrogen (secondary N) is 1. The van der Waals surface area contributed by atoms with Gasteiger partial charge in [-0.2, -0.15) is 4.31 Å². The number of para-hydroxylation sites is 1. The summed E-state index contributed by atoms with van der Waals surface area (Å²) < 4.78 is 38.3. The van der Waals surface area contributed by atoms with Crippen molar-refractivity contribution in [2.24, 2.45) is 7.05 Å². The molecule has 10 heteroatoms. The molecule has 1 heterocycles. The molecule has 0 radical (unpaired) electrons. The smallest absolute Gasteiger partial charge is 0.355 e. The van der Waals surface area contributed by atoms with E-state index < -0.39 is 28.5 Å². The van der Waals surface area contributed by atoms with Crippen LogP contribution in [-0.2, 0) is 26.6 Å². The second-order valence-electron chi connectivity index (χ2n) is 6.87. The summed E-state index contributed by atoms with van der Waals surface area (Å²) in [7, 11) is -0.619. The van der Waals surface area contributed by atoms with Crippen molar-refractivity contribution in [3.05, 3.63) is 47.8 Å². The molecule has 2 rings (SSSR count). The van der Waals surface area contributed by atoms with Crippen LogP contribution >= 0.6 is 0 Å². The summed E-state index contributed by atoms with van der Waals surface area (Å²) in [5.41, 5.74) is 0.828. The topological polar surface area (TPSA) is 107 Å². The number of ether oxygens (including phenoxy) is 2. The standard InChI is InChI=1S/C21H29N3O6S/c1-6-24(7-2)31(27,28)16-12-18(23(4)13-16)21(26)30-14-20(25)22-15(3)17-10-8-9-11-19(17)29-5/h8-13,15H,6-7,14H2,1-5H3,(H,22,25). The largest absolute Gasteiger partial charge is 0.496 e. The van der Waals surface area contributed by atoms with Crippen molar-refractivity contribution >= 4 is 21.9 Å². The van der Waals surface area contributed by atoms with Gasteiger partial charge in [0.1, 0.15) is 16.3 Å². The molecule has 1 unspecified atom stereocenters. The summed E-state index contributed by atoms with van der Waals surface area (Å²) in [4.78, 5) is 24.7. The Hall–Kier alpha value is -2.85. The minimum Gasteiger partial charge on any atom is -0.496 e. The molecule has 1 aromatic carbocycles. The first-order valence-corrected chi connectivity index (χ1v) is 11.4. The van der Waals surface area contributed by atoms with Crippen molar-refractivity contribution in [3.63, 3.8) is 0 Å². The number of hydrogen-bond donors (Lipinski definition) is 1. The molecule has 31 heavy (non-hydrogen) atoms. The highest BCUT2D eigenvalue weighted by Crippen LogP contribution is 2.24. The Bertz CT molecular complexity index is 1030. The number of esters is 1. The highest BCUT2D eigenvalue weighted by atomic mass is 32.2. The van der Waals surface area contributed by atoms with Gasteiger partial charge in [0.2, 0.25) is 10.0 Å². The summed E-state index contributed by atoms with van der Waals surface area (Å²) >= 11 is 0. The van der Waals surface area contributed by atoms with Crippen molar-refractivity contribution in [3.8, 4) is 5.75 Å². The van der Waals surface area contributed by atoms with Crippen molar-refractivity contribution in [1.29, 1.82) is 0 Å². The summed E-state index contributed by atoms with van der Waals surface area (Å²) in [6.07, 6.45) is 1.36. The third-order valence-electron chi connectivity index (χ3n) is 4.85. The van der Waals surface area contributed by atoms with E-state index in [2.05, 4.69) is 5.32 Å². The van der Waals surface area contributed by atoms with E-state index in [9.17, 15) is 18.0 Å². The molecule has 1 N–H and O–H groups in total. The molecule has 0 saturated heterocycles. The van der Waals surface area contributed by atoms with Crippen molar-refractivity contribution < 1.29 is 27.5 Å². The molecule has 1 atom stereocenters. The van der Waals surface area contributed by atoms with Gasteiger partial charge in [0.15, 0.2) is 6.61 Å². The Labute approximate surface area is 183 Å². The first-order valence-electron chi connectivity index (χ1n) is 9.91. The number of nitrogens with zero attached hydrogens (tertiary/aromatic N) is 2. The highest BCUT2D eigenvalue weighted by Gasteiger charge is 2.26. The number of benzene rings is 1. The van der Waals surface area contributed by atoms with Gasteiger partial charge in [-0.15, -0.1) is 0 Å². The fraction of sp³-hybridized carbons (Fsp3) is 0.429. The normalized spacial score (nSPS) is 12.5. The van der Waals surface area contributed by atoms with Crippen LogP contribution in [0.25, 0.3) is 0 Å².